The zero-order chi connectivity index (χ0) is 32.1. The van der Waals surface area contributed by atoms with Crippen LogP contribution in [0.2, 0.25) is 21.7 Å². The lowest BCUT2D eigenvalue weighted by Gasteiger charge is -2.44. The second-order valence-corrected chi connectivity index (χ2v) is 25.4. The fourth-order valence-corrected chi connectivity index (χ4v) is 19.8. The molecule has 0 spiro atoms. The Bertz CT molecular complexity index is 1320. The Labute approximate surface area is 268 Å². The monoisotopic (exact) mass is 633 g/mol. The van der Waals surface area contributed by atoms with Gasteiger partial charge in [-0.25, -0.2) is 0 Å². The van der Waals surface area contributed by atoms with Crippen molar-refractivity contribution >= 4 is 26.9 Å². The minimum atomic E-state index is -2.73. The van der Waals surface area contributed by atoms with Crippen LogP contribution in [0.25, 0.3) is 0 Å². The zero-order valence-electron chi connectivity index (χ0n) is 28.8. The molecule has 7 heteroatoms. The molecular formula is C37H55NO4Si2. The van der Waals surface area contributed by atoms with Crippen molar-refractivity contribution in [2.45, 2.75) is 128 Å². The van der Waals surface area contributed by atoms with Gasteiger partial charge in [0, 0.05) is 11.8 Å². The van der Waals surface area contributed by atoms with Crippen LogP contribution in [0, 0.1) is 0 Å². The number of hydrogen-bond donors (Lipinski definition) is 0. The summed E-state index contributed by atoms with van der Waals surface area (Å²) < 4.78 is 30.0. The summed E-state index contributed by atoms with van der Waals surface area (Å²) in [5.41, 5.74) is 3.00. The van der Waals surface area contributed by atoms with Gasteiger partial charge < -0.3 is 22.9 Å². The average molecular weight is 634 g/mol. The molecule has 240 valence electrons. The van der Waals surface area contributed by atoms with E-state index in [1.54, 1.807) is 0 Å². The number of hydrogen-bond acceptors (Lipinski definition) is 4. The van der Waals surface area contributed by atoms with Crippen LogP contribution >= 0.6 is 0 Å². The molecule has 3 aromatic rings. The summed E-state index contributed by atoms with van der Waals surface area (Å²) in [6, 6.07) is 23.9. The smallest absolute Gasteiger partial charge is 0.261 e. The molecule has 4 atom stereocenters. The lowest BCUT2D eigenvalue weighted by atomic mass is 10.0. The predicted octanol–water partition coefficient (Wildman–Crippen LogP) is 8.05. The Morgan fingerprint density at radius 1 is 0.773 bits per heavy atom. The molecule has 2 aliphatic heterocycles. The zero-order valence-corrected chi connectivity index (χ0v) is 30.8. The fraction of sp³-hybridized carbons (Fsp3) is 0.568. The molecule has 0 bridgehead atoms. The highest BCUT2D eigenvalue weighted by molar-refractivity contribution is 6.99. The molecule has 0 N–H and O–H groups in total. The molecule has 3 heterocycles. The van der Waals surface area contributed by atoms with Gasteiger partial charge in [0.25, 0.3) is 8.32 Å². The van der Waals surface area contributed by atoms with E-state index in [1.807, 2.05) is 13.8 Å². The van der Waals surface area contributed by atoms with Gasteiger partial charge in [-0.05, 0) is 58.1 Å². The number of aromatic nitrogens is 1. The van der Waals surface area contributed by atoms with E-state index < -0.39 is 22.3 Å². The highest BCUT2D eigenvalue weighted by Crippen LogP contribution is 2.48. The third-order valence-electron chi connectivity index (χ3n) is 10.3. The Kier molecular flexibility index (Phi) is 9.33. The van der Waals surface area contributed by atoms with E-state index in [9.17, 15) is 0 Å². The molecular weight excluding hydrogens is 579 g/mol. The van der Waals surface area contributed by atoms with Crippen molar-refractivity contribution in [2.24, 2.45) is 0 Å². The fourth-order valence-electron chi connectivity index (χ4n) is 8.77. The standard InChI is InChI=1S/C37H55NO4Si2/c1-26(2)43(27(3)4,28(5)6)38-23-22-29(24-38)33-35-34(41-37(10,11)42-35)32(40-33)25-39-44(36(7,8)9,30-18-14-12-15-19-30)31-20-16-13-17-21-31/h12-24,26-28,32-35H,25H2,1-11H3/t32-,33-,34-,35+/m1/s1. The van der Waals surface area contributed by atoms with Gasteiger partial charge in [0.1, 0.15) is 24.4 Å². The second-order valence-electron chi connectivity index (χ2n) is 15.3. The van der Waals surface area contributed by atoms with Crippen LogP contribution in [-0.4, -0.2) is 51.5 Å². The Hall–Kier alpha value is -2.01. The van der Waals surface area contributed by atoms with Gasteiger partial charge in [-0.1, -0.05) is 123 Å². The van der Waals surface area contributed by atoms with E-state index in [1.165, 1.54) is 15.9 Å². The number of ether oxygens (including phenoxy) is 3. The van der Waals surface area contributed by atoms with Gasteiger partial charge >= 0.3 is 0 Å². The molecule has 0 amide bonds. The molecule has 2 fully saturated rings. The summed E-state index contributed by atoms with van der Waals surface area (Å²) in [7, 11) is -4.61. The molecule has 5 nitrogen and oxygen atoms in total. The van der Waals surface area contributed by atoms with Gasteiger partial charge in [0.05, 0.1) is 6.61 Å². The quantitative estimate of drug-likeness (QED) is 0.212. The topological polar surface area (TPSA) is 41.9 Å². The largest absolute Gasteiger partial charge is 0.405 e. The maximum atomic E-state index is 7.34. The van der Waals surface area contributed by atoms with E-state index in [0.29, 0.717) is 23.2 Å². The molecule has 0 radical (unpaired) electrons. The summed E-state index contributed by atoms with van der Waals surface area (Å²) >= 11 is 0. The van der Waals surface area contributed by atoms with Crippen LogP contribution in [0.5, 0.6) is 0 Å². The van der Waals surface area contributed by atoms with Crippen molar-refractivity contribution in [3.05, 3.63) is 84.7 Å². The summed E-state index contributed by atoms with van der Waals surface area (Å²) in [4.78, 5) is 0. The van der Waals surface area contributed by atoms with Gasteiger partial charge in [0.2, 0.25) is 0 Å². The lowest BCUT2D eigenvalue weighted by Crippen LogP contribution is -2.67. The molecule has 2 aromatic carbocycles. The van der Waals surface area contributed by atoms with Crippen LogP contribution in [-0.2, 0) is 18.6 Å². The van der Waals surface area contributed by atoms with Crippen LogP contribution < -0.4 is 10.4 Å². The van der Waals surface area contributed by atoms with Crippen molar-refractivity contribution in [3.8, 4) is 0 Å². The first-order valence-corrected chi connectivity index (χ1v) is 20.7. The molecule has 1 aromatic heterocycles. The summed E-state index contributed by atoms with van der Waals surface area (Å²) in [5, 5.41) is 2.42. The van der Waals surface area contributed by atoms with Crippen molar-refractivity contribution in [2.75, 3.05) is 6.61 Å². The molecule has 2 saturated heterocycles. The van der Waals surface area contributed by atoms with Crippen molar-refractivity contribution < 1.29 is 18.6 Å². The average Bonchev–Trinajstić information content (AvgIpc) is 3.63. The maximum absolute atomic E-state index is 7.34. The highest BCUT2D eigenvalue weighted by Gasteiger charge is 2.58. The van der Waals surface area contributed by atoms with Gasteiger partial charge in [-0.3, -0.25) is 0 Å². The number of nitrogens with zero attached hydrogens (tertiary/aromatic N) is 1. The Morgan fingerprint density at radius 2 is 1.27 bits per heavy atom. The maximum Gasteiger partial charge on any atom is 0.261 e. The van der Waals surface area contributed by atoms with Crippen molar-refractivity contribution in [1.82, 2.24) is 4.23 Å². The summed E-state index contributed by atoms with van der Waals surface area (Å²) in [5.74, 6) is -0.679. The minimum absolute atomic E-state index is 0.116. The van der Waals surface area contributed by atoms with E-state index in [0.717, 1.165) is 0 Å². The normalized spacial score (nSPS) is 24.0. The first-order chi connectivity index (χ1) is 20.6. The Balaban J connectivity index is 1.50. The van der Waals surface area contributed by atoms with Crippen molar-refractivity contribution in [1.29, 1.82) is 0 Å². The number of fused-ring (bicyclic) bond motifs is 1. The number of benzene rings is 2. The molecule has 0 unspecified atom stereocenters. The molecule has 0 aliphatic carbocycles. The van der Waals surface area contributed by atoms with Crippen LogP contribution in [0.3, 0.4) is 0 Å². The van der Waals surface area contributed by atoms with Gasteiger partial charge in [-0.15, -0.1) is 0 Å². The first kappa shape index (κ1) is 33.4. The molecule has 2 aliphatic rings. The molecule has 44 heavy (non-hydrogen) atoms. The van der Waals surface area contributed by atoms with E-state index >= 15 is 0 Å². The highest BCUT2D eigenvalue weighted by atomic mass is 28.4. The van der Waals surface area contributed by atoms with E-state index in [-0.39, 0.29) is 29.5 Å². The predicted molar refractivity (Wildman–Crippen MR) is 186 cm³/mol. The van der Waals surface area contributed by atoms with Crippen LogP contribution in [0.1, 0.15) is 87.8 Å². The first-order valence-electron chi connectivity index (χ1n) is 16.6. The van der Waals surface area contributed by atoms with Gasteiger partial charge in [-0.2, -0.15) is 0 Å². The molecule has 5 rings (SSSR count). The van der Waals surface area contributed by atoms with Crippen LogP contribution in [0.4, 0.5) is 0 Å². The SMILES string of the molecule is CC(C)[Si](C(C)C)(C(C)C)n1ccc([C@H]2O[C@H](CO[Si](c3ccccc3)(c3ccccc3)C(C)(C)C)[C@H]3OC(C)(C)O[C@H]32)c1. The van der Waals surface area contributed by atoms with Gasteiger partial charge in [0.15, 0.2) is 14.0 Å². The van der Waals surface area contributed by atoms with Crippen LogP contribution in [0.15, 0.2) is 79.1 Å². The molecule has 0 saturated carbocycles. The minimum Gasteiger partial charge on any atom is -0.405 e. The third kappa shape index (κ3) is 5.62. The third-order valence-corrected chi connectivity index (χ3v) is 22.0. The summed E-state index contributed by atoms with van der Waals surface area (Å²) in [6.07, 6.45) is 3.81. The van der Waals surface area contributed by atoms with E-state index in [2.05, 4.69) is 146 Å². The Morgan fingerprint density at radius 3 is 1.75 bits per heavy atom. The summed E-state index contributed by atoms with van der Waals surface area (Å²) in [6.45, 7) is 25.8. The lowest BCUT2D eigenvalue weighted by molar-refractivity contribution is -0.190. The van der Waals surface area contributed by atoms with E-state index in [4.69, 9.17) is 18.6 Å². The number of rotatable bonds is 10. The second kappa shape index (κ2) is 12.3. The van der Waals surface area contributed by atoms with Crippen molar-refractivity contribution in [3.63, 3.8) is 0 Å².